The fraction of sp³-hybridized carbons (Fsp3) is 0.250. The standard InChI is InChI=1S/C16H18FNO2/c1-20-15-10-12(7-8-13(15)17)16(18)14(19)9-11-5-3-2-4-6-11/h2-8,10,14,16,19H,9,18H2,1H3/t14-,16+/m1/s1. The molecule has 0 amide bonds. The van der Waals surface area contributed by atoms with Crippen molar-refractivity contribution < 1.29 is 14.2 Å². The molecule has 0 bridgehead atoms. The highest BCUT2D eigenvalue weighted by molar-refractivity contribution is 5.32. The van der Waals surface area contributed by atoms with Crippen molar-refractivity contribution in [3.05, 3.63) is 65.5 Å². The van der Waals surface area contributed by atoms with Gasteiger partial charge in [-0.2, -0.15) is 0 Å². The van der Waals surface area contributed by atoms with Gasteiger partial charge in [0.25, 0.3) is 0 Å². The first-order valence-corrected chi connectivity index (χ1v) is 6.43. The summed E-state index contributed by atoms with van der Waals surface area (Å²) in [4.78, 5) is 0. The van der Waals surface area contributed by atoms with E-state index in [1.165, 1.54) is 19.2 Å². The molecule has 0 aliphatic rings. The fourth-order valence-corrected chi connectivity index (χ4v) is 2.09. The predicted molar refractivity (Wildman–Crippen MR) is 76.0 cm³/mol. The van der Waals surface area contributed by atoms with Crippen LogP contribution in [0, 0.1) is 5.82 Å². The minimum Gasteiger partial charge on any atom is -0.494 e. The van der Waals surface area contributed by atoms with Crippen LogP contribution in [0.15, 0.2) is 48.5 Å². The van der Waals surface area contributed by atoms with Crippen LogP contribution in [0.1, 0.15) is 17.2 Å². The molecule has 20 heavy (non-hydrogen) atoms. The Labute approximate surface area is 117 Å². The highest BCUT2D eigenvalue weighted by Crippen LogP contribution is 2.24. The molecule has 2 rings (SSSR count). The zero-order valence-electron chi connectivity index (χ0n) is 11.3. The van der Waals surface area contributed by atoms with E-state index in [9.17, 15) is 9.50 Å². The second-order valence-electron chi connectivity index (χ2n) is 4.68. The number of halogens is 1. The topological polar surface area (TPSA) is 55.5 Å². The van der Waals surface area contributed by atoms with Gasteiger partial charge in [-0.25, -0.2) is 4.39 Å². The molecule has 2 aromatic rings. The van der Waals surface area contributed by atoms with Crippen molar-refractivity contribution in [3.8, 4) is 5.75 Å². The molecule has 0 aromatic heterocycles. The second kappa shape index (κ2) is 6.50. The maximum atomic E-state index is 13.4. The Kier molecular flexibility index (Phi) is 4.71. The van der Waals surface area contributed by atoms with E-state index in [0.29, 0.717) is 12.0 Å². The zero-order valence-corrected chi connectivity index (χ0v) is 11.3. The van der Waals surface area contributed by atoms with Gasteiger partial charge in [-0.3, -0.25) is 0 Å². The summed E-state index contributed by atoms with van der Waals surface area (Å²) in [6, 6.07) is 13.4. The van der Waals surface area contributed by atoms with E-state index >= 15 is 0 Å². The molecule has 0 unspecified atom stereocenters. The van der Waals surface area contributed by atoms with E-state index in [2.05, 4.69) is 0 Å². The third kappa shape index (κ3) is 3.35. The molecule has 106 valence electrons. The molecule has 2 atom stereocenters. The van der Waals surface area contributed by atoms with Gasteiger partial charge in [0.2, 0.25) is 0 Å². The number of rotatable bonds is 5. The average Bonchev–Trinajstić information content (AvgIpc) is 2.48. The Morgan fingerprint density at radius 3 is 2.55 bits per heavy atom. The Morgan fingerprint density at radius 1 is 1.20 bits per heavy atom. The van der Waals surface area contributed by atoms with Crippen molar-refractivity contribution in [2.24, 2.45) is 5.73 Å². The van der Waals surface area contributed by atoms with Crippen molar-refractivity contribution in [3.63, 3.8) is 0 Å². The minimum absolute atomic E-state index is 0.130. The van der Waals surface area contributed by atoms with Gasteiger partial charge in [-0.1, -0.05) is 36.4 Å². The molecule has 2 aromatic carbocycles. The van der Waals surface area contributed by atoms with Crippen LogP contribution in [0.2, 0.25) is 0 Å². The lowest BCUT2D eigenvalue weighted by atomic mass is 9.96. The Bertz CT molecular complexity index is 560. The molecule has 0 spiro atoms. The number of aliphatic hydroxyl groups is 1. The van der Waals surface area contributed by atoms with Crippen LogP contribution in [0.3, 0.4) is 0 Å². The molecule has 0 radical (unpaired) electrons. The van der Waals surface area contributed by atoms with E-state index in [-0.39, 0.29) is 5.75 Å². The van der Waals surface area contributed by atoms with Crippen molar-refractivity contribution in [1.29, 1.82) is 0 Å². The van der Waals surface area contributed by atoms with Gasteiger partial charge in [0, 0.05) is 6.42 Å². The summed E-state index contributed by atoms with van der Waals surface area (Å²) in [6.07, 6.45) is -0.297. The van der Waals surface area contributed by atoms with Crippen molar-refractivity contribution in [2.75, 3.05) is 7.11 Å². The van der Waals surface area contributed by atoms with Crippen molar-refractivity contribution >= 4 is 0 Å². The normalized spacial score (nSPS) is 13.8. The van der Waals surface area contributed by atoms with Crippen molar-refractivity contribution in [1.82, 2.24) is 0 Å². The van der Waals surface area contributed by atoms with E-state index in [0.717, 1.165) is 5.56 Å². The molecule has 4 heteroatoms. The summed E-state index contributed by atoms with van der Waals surface area (Å²) in [5.41, 5.74) is 7.68. The van der Waals surface area contributed by atoms with Crippen LogP contribution in [-0.4, -0.2) is 18.3 Å². The molecule has 3 nitrogen and oxygen atoms in total. The molecular formula is C16H18FNO2. The Hall–Kier alpha value is -1.91. The number of hydrogen-bond acceptors (Lipinski definition) is 3. The van der Waals surface area contributed by atoms with Crippen molar-refractivity contribution in [2.45, 2.75) is 18.6 Å². The third-order valence-corrected chi connectivity index (χ3v) is 3.26. The SMILES string of the molecule is COc1cc([C@H](N)[C@H](O)Cc2ccccc2)ccc1F. The van der Waals surface area contributed by atoms with E-state index in [1.807, 2.05) is 30.3 Å². The minimum atomic E-state index is -0.743. The van der Waals surface area contributed by atoms with E-state index in [1.54, 1.807) is 6.07 Å². The number of methoxy groups -OCH3 is 1. The summed E-state index contributed by atoms with van der Waals surface area (Å²) in [5, 5.41) is 10.2. The molecule has 0 aliphatic heterocycles. The lowest BCUT2D eigenvalue weighted by Gasteiger charge is -2.20. The first kappa shape index (κ1) is 14.5. The molecule has 0 saturated heterocycles. The summed E-state index contributed by atoms with van der Waals surface area (Å²) >= 11 is 0. The quantitative estimate of drug-likeness (QED) is 0.881. The van der Waals surface area contributed by atoms with Crippen LogP contribution < -0.4 is 10.5 Å². The highest BCUT2D eigenvalue weighted by atomic mass is 19.1. The molecular weight excluding hydrogens is 257 g/mol. The first-order valence-electron chi connectivity index (χ1n) is 6.43. The van der Waals surface area contributed by atoms with E-state index in [4.69, 9.17) is 10.5 Å². The van der Waals surface area contributed by atoms with Gasteiger partial charge in [-0.15, -0.1) is 0 Å². The number of nitrogens with two attached hydrogens (primary N) is 1. The summed E-state index contributed by atoms with van der Waals surface area (Å²) in [6.45, 7) is 0. The Balaban J connectivity index is 2.12. The molecule has 0 heterocycles. The van der Waals surface area contributed by atoms with E-state index < -0.39 is 18.0 Å². The highest BCUT2D eigenvalue weighted by Gasteiger charge is 2.18. The van der Waals surface area contributed by atoms with Crippen LogP contribution in [0.5, 0.6) is 5.75 Å². The smallest absolute Gasteiger partial charge is 0.165 e. The van der Waals surface area contributed by atoms with Gasteiger partial charge in [0.15, 0.2) is 11.6 Å². The second-order valence-corrected chi connectivity index (χ2v) is 4.68. The summed E-state index contributed by atoms with van der Waals surface area (Å²) in [7, 11) is 1.40. The largest absolute Gasteiger partial charge is 0.494 e. The number of hydrogen-bond donors (Lipinski definition) is 2. The van der Waals surface area contributed by atoms with Crippen LogP contribution in [-0.2, 0) is 6.42 Å². The molecule has 3 N–H and O–H groups in total. The number of benzene rings is 2. The predicted octanol–water partition coefficient (Wildman–Crippen LogP) is 2.44. The molecule has 0 fully saturated rings. The van der Waals surface area contributed by atoms with Gasteiger partial charge in [-0.05, 0) is 23.3 Å². The summed E-state index contributed by atoms with van der Waals surface area (Å²) < 4.78 is 18.3. The zero-order chi connectivity index (χ0) is 14.5. The van der Waals surface area contributed by atoms with Crippen LogP contribution >= 0.6 is 0 Å². The van der Waals surface area contributed by atoms with Gasteiger partial charge in [0.1, 0.15) is 0 Å². The number of aliphatic hydroxyl groups excluding tert-OH is 1. The Morgan fingerprint density at radius 2 is 1.90 bits per heavy atom. The third-order valence-electron chi connectivity index (χ3n) is 3.26. The monoisotopic (exact) mass is 275 g/mol. The fourth-order valence-electron chi connectivity index (χ4n) is 2.09. The van der Waals surface area contributed by atoms with Crippen LogP contribution in [0.25, 0.3) is 0 Å². The van der Waals surface area contributed by atoms with Gasteiger partial charge < -0.3 is 15.6 Å². The lowest BCUT2D eigenvalue weighted by Crippen LogP contribution is -2.28. The number of ether oxygens (including phenoxy) is 1. The van der Waals surface area contributed by atoms with Gasteiger partial charge >= 0.3 is 0 Å². The average molecular weight is 275 g/mol. The maximum Gasteiger partial charge on any atom is 0.165 e. The molecule has 0 aliphatic carbocycles. The lowest BCUT2D eigenvalue weighted by molar-refractivity contribution is 0.145. The van der Waals surface area contributed by atoms with Gasteiger partial charge in [0.05, 0.1) is 19.3 Å². The summed E-state index contributed by atoms with van der Waals surface area (Å²) in [5.74, 6) is -0.314. The van der Waals surface area contributed by atoms with Crippen LogP contribution in [0.4, 0.5) is 4.39 Å². The first-order chi connectivity index (χ1) is 9.61. The molecule has 0 saturated carbocycles. The maximum absolute atomic E-state index is 13.4.